The van der Waals surface area contributed by atoms with Gasteiger partial charge in [-0.05, 0) is 62.6 Å². The van der Waals surface area contributed by atoms with Gasteiger partial charge in [0.2, 0.25) is 0 Å². The Balaban J connectivity index is 1.62. The van der Waals surface area contributed by atoms with E-state index in [-0.39, 0.29) is 10.5 Å². The number of anilines is 2. The van der Waals surface area contributed by atoms with Crippen LogP contribution in [0.1, 0.15) is 36.5 Å². The van der Waals surface area contributed by atoms with Gasteiger partial charge >= 0.3 is 5.97 Å². The zero-order valence-electron chi connectivity index (χ0n) is 17.1. The maximum atomic E-state index is 12.4. The van der Waals surface area contributed by atoms with E-state index in [0.29, 0.717) is 5.69 Å². The number of carbonyl (C=O) groups is 2. The quantitative estimate of drug-likeness (QED) is 0.707. The van der Waals surface area contributed by atoms with Gasteiger partial charge < -0.3 is 15.0 Å². The van der Waals surface area contributed by atoms with E-state index in [1.165, 1.54) is 44.4 Å². The van der Waals surface area contributed by atoms with E-state index in [9.17, 15) is 18.0 Å². The Morgan fingerprint density at radius 2 is 1.63 bits per heavy atom. The highest BCUT2D eigenvalue weighted by molar-refractivity contribution is 7.90. The van der Waals surface area contributed by atoms with E-state index in [2.05, 4.69) is 10.2 Å². The molecule has 0 saturated carbocycles. The number of rotatable bonds is 6. The van der Waals surface area contributed by atoms with Crippen molar-refractivity contribution in [1.29, 1.82) is 0 Å². The number of esters is 1. The monoisotopic (exact) mass is 430 g/mol. The smallest absolute Gasteiger partial charge is 0.340 e. The maximum absolute atomic E-state index is 12.4. The lowest BCUT2D eigenvalue weighted by Gasteiger charge is -2.28. The van der Waals surface area contributed by atoms with Crippen LogP contribution in [0.25, 0.3) is 0 Å². The second kappa shape index (κ2) is 9.30. The first kappa shape index (κ1) is 21.8. The van der Waals surface area contributed by atoms with Gasteiger partial charge in [0, 0.05) is 30.7 Å². The summed E-state index contributed by atoms with van der Waals surface area (Å²) < 4.78 is 28.9. The minimum atomic E-state index is -3.60. The van der Waals surface area contributed by atoms with E-state index < -0.39 is 27.8 Å². The topological polar surface area (TPSA) is 92.8 Å². The van der Waals surface area contributed by atoms with E-state index in [1.54, 1.807) is 6.07 Å². The Bertz CT molecular complexity index is 1010. The molecule has 0 aromatic heterocycles. The van der Waals surface area contributed by atoms with Gasteiger partial charge in [-0.25, -0.2) is 13.2 Å². The molecule has 2 aromatic carbocycles. The Morgan fingerprint density at radius 1 is 1.00 bits per heavy atom. The van der Waals surface area contributed by atoms with Crippen LogP contribution in [0.3, 0.4) is 0 Å². The summed E-state index contributed by atoms with van der Waals surface area (Å²) in [6.07, 6.45) is 3.55. The number of amides is 1. The summed E-state index contributed by atoms with van der Waals surface area (Å²) in [4.78, 5) is 27.0. The van der Waals surface area contributed by atoms with Gasteiger partial charge in [0.25, 0.3) is 5.91 Å². The maximum Gasteiger partial charge on any atom is 0.340 e. The number of sulfone groups is 1. The van der Waals surface area contributed by atoms with Crippen LogP contribution in [-0.2, 0) is 19.4 Å². The van der Waals surface area contributed by atoms with Crippen molar-refractivity contribution in [1.82, 2.24) is 0 Å². The first-order valence-corrected chi connectivity index (χ1v) is 11.8. The fourth-order valence-electron chi connectivity index (χ4n) is 3.39. The Morgan fingerprint density at radius 3 is 2.27 bits per heavy atom. The van der Waals surface area contributed by atoms with Crippen LogP contribution >= 0.6 is 0 Å². The lowest BCUT2D eigenvalue weighted by molar-refractivity contribution is -0.123. The number of piperidine rings is 1. The molecule has 7 nitrogen and oxygen atoms in total. The van der Waals surface area contributed by atoms with Crippen molar-refractivity contribution < 1.29 is 22.7 Å². The van der Waals surface area contributed by atoms with E-state index in [0.717, 1.165) is 25.0 Å². The number of nitrogens with zero attached hydrogens (tertiary/aromatic N) is 1. The molecule has 1 atom stereocenters. The van der Waals surface area contributed by atoms with Crippen LogP contribution in [0.4, 0.5) is 11.4 Å². The molecule has 1 N–H and O–H groups in total. The predicted octanol–water partition coefficient (Wildman–Crippen LogP) is 3.26. The number of nitrogens with one attached hydrogen (secondary N) is 1. The highest BCUT2D eigenvalue weighted by Gasteiger charge is 2.24. The average molecular weight is 431 g/mol. The van der Waals surface area contributed by atoms with Crippen molar-refractivity contribution in [3.63, 3.8) is 0 Å². The van der Waals surface area contributed by atoms with Gasteiger partial charge in [0.05, 0.1) is 10.5 Å². The molecule has 1 amide bonds. The minimum absolute atomic E-state index is 0.0921. The van der Waals surface area contributed by atoms with E-state index >= 15 is 0 Å². The predicted molar refractivity (Wildman–Crippen MR) is 116 cm³/mol. The van der Waals surface area contributed by atoms with Gasteiger partial charge in [-0.3, -0.25) is 4.79 Å². The standard InChI is InChI=1S/C22H26N2O5S/c1-16(29-22(26)19-8-4-5-9-20(19)30(2,27)28)21(25)23-17-10-12-18(13-11-17)24-14-6-3-7-15-24/h4-5,8-13,16H,3,6-7,14-15H2,1-2H3,(H,23,25)/t16-/m1/s1. The molecule has 0 bridgehead atoms. The third-order valence-electron chi connectivity index (χ3n) is 5.02. The summed E-state index contributed by atoms with van der Waals surface area (Å²) in [5.41, 5.74) is 1.62. The molecule has 1 aliphatic rings. The molecular formula is C22H26N2O5S. The summed E-state index contributed by atoms with van der Waals surface area (Å²) in [5, 5.41) is 2.72. The number of carbonyl (C=O) groups excluding carboxylic acids is 2. The van der Waals surface area contributed by atoms with Gasteiger partial charge in [0.15, 0.2) is 15.9 Å². The summed E-state index contributed by atoms with van der Waals surface area (Å²) in [7, 11) is -3.60. The van der Waals surface area contributed by atoms with Crippen LogP contribution in [0.5, 0.6) is 0 Å². The first-order valence-electron chi connectivity index (χ1n) is 9.91. The van der Waals surface area contributed by atoms with E-state index in [4.69, 9.17) is 4.74 Å². The summed E-state index contributed by atoms with van der Waals surface area (Å²) >= 11 is 0. The Labute approximate surface area is 177 Å². The van der Waals surface area contributed by atoms with Crippen LogP contribution in [0.15, 0.2) is 53.4 Å². The second-order valence-corrected chi connectivity index (χ2v) is 9.38. The fourth-order valence-corrected chi connectivity index (χ4v) is 4.26. The number of ether oxygens (including phenoxy) is 1. The number of hydrogen-bond acceptors (Lipinski definition) is 6. The van der Waals surface area contributed by atoms with Crippen molar-refractivity contribution in [3.8, 4) is 0 Å². The molecule has 1 saturated heterocycles. The molecule has 0 unspecified atom stereocenters. The molecule has 0 radical (unpaired) electrons. The van der Waals surface area contributed by atoms with E-state index in [1.807, 2.05) is 24.3 Å². The third-order valence-corrected chi connectivity index (χ3v) is 6.17. The van der Waals surface area contributed by atoms with Crippen molar-refractivity contribution in [3.05, 3.63) is 54.1 Å². The van der Waals surface area contributed by atoms with Gasteiger partial charge in [-0.2, -0.15) is 0 Å². The third kappa shape index (κ3) is 5.38. The molecule has 1 fully saturated rings. The van der Waals surface area contributed by atoms with Gasteiger partial charge in [-0.1, -0.05) is 12.1 Å². The van der Waals surface area contributed by atoms with Crippen LogP contribution in [0.2, 0.25) is 0 Å². The highest BCUT2D eigenvalue weighted by atomic mass is 32.2. The molecule has 8 heteroatoms. The number of benzene rings is 2. The summed E-state index contributed by atoms with van der Waals surface area (Å²) in [6, 6.07) is 13.3. The van der Waals surface area contributed by atoms with Gasteiger partial charge in [-0.15, -0.1) is 0 Å². The Hall–Kier alpha value is -2.87. The molecular weight excluding hydrogens is 404 g/mol. The lowest BCUT2D eigenvalue weighted by atomic mass is 10.1. The zero-order chi connectivity index (χ0) is 21.7. The first-order chi connectivity index (χ1) is 14.3. The van der Waals surface area contributed by atoms with Crippen LogP contribution < -0.4 is 10.2 Å². The molecule has 1 heterocycles. The molecule has 1 aliphatic heterocycles. The molecule has 3 rings (SSSR count). The summed E-state index contributed by atoms with van der Waals surface area (Å²) in [6.45, 7) is 3.51. The van der Waals surface area contributed by atoms with Crippen molar-refractivity contribution in [2.24, 2.45) is 0 Å². The van der Waals surface area contributed by atoms with Crippen molar-refractivity contribution >= 4 is 33.1 Å². The van der Waals surface area contributed by atoms with Crippen molar-refractivity contribution in [2.75, 3.05) is 29.6 Å². The zero-order valence-corrected chi connectivity index (χ0v) is 17.9. The Kier molecular flexibility index (Phi) is 6.77. The second-order valence-electron chi connectivity index (χ2n) is 7.40. The average Bonchev–Trinajstić information content (AvgIpc) is 2.74. The largest absolute Gasteiger partial charge is 0.449 e. The summed E-state index contributed by atoms with van der Waals surface area (Å²) in [5.74, 6) is -1.36. The number of hydrogen-bond donors (Lipinski definition) is 1. The molecule has 0 aliphatic carbocycles. The molecule has 30 heavy (non-hydrogen) atoms. The normalized spacial score (nSPS) is 15.3. The van der Waals surface area contributed by atoms with Crippen molar-refractivity contribution in [2.45, 2.75) is 37.2 Å². The molecule has 0 spiro atoms. The molecule has 160 valence electrons. The lowest BCUT2D eigenvalue weighted by Crippen LogP contribution is -2.30. The van der Waals surface area contributed by atoms with Gasteiger partial charge in [0.1, 0.15) is 0 Å². The highest BCUT2D eigenvalue weighted by Crippen LogP contribution is 2.22. The SMILES string of the molecule is C[C@@H](OC(=O)c1ccccc1S(C)(=O)=O)C(=O)Nc1ccc(N2CCCCC2)cc1. The molecule has 2 aromatic rings. The van der Waals surface area contributed by atoms with Crippen LogP contribution in [-0.4, -0.2) is 45.7 Å². The fraction of sp³-hybridized carbons (Fsp3) is 0.364. The minimum Gasteiger partial charge on any atom is -0.449 e. The van der Waals surface area contributed by atoms with Crippen LogP contribution in [0, 0.1) is 0 Å².